The molecule has 0 saturated heterocycles. The predicted octanol–water partition coefficient (Wildman–Crippen LogP) is -4.07. The molecule has 0 saturated carbocycles. The van der Waals surface area contributed by atoms with Crippen LogP contribution in [0, 0.1) is 0 Å². The van der Waals surface area contributed by atoms with Crippen LogP contribution in [0.1, 0.15) is 0 Å². The van der Waals surface area contributed by atoms with Crippen molar-refractivity contribution in [2.45, 2.75) is 12.2 Å². The molecule has 0 unspecified atom stereocenters. The Labute approximate surface area is 91.9 Å². The summed E-state index contributed by atoms with van der Waals surface area (Å²) in [4.78, 5) is 22.1. The molecule has 0 fully saturated rings. The summed E-state index contributed by atoms with van der Waals surface area (Å²) >= 11 is 0. The first-order valence-corrected chi connectivity index (χ1v) is 4.67. The third kappa shape index (κ3) is 5.03. The van der Waals surface area contributed by atoms with E-state index in [0.717, 1.165) is 0 Å². The number of nitrogens with one attached hydrogen (secondary N) is 2. The van der Waals surface area contributed by atoms with Crippen LogP contribution in [0.4, 0.5) is 0 Å². The van der Waals surface area contributed by atoms with E-state index in [9.17, 15) is 19.8 Å². The van der Waals surface area contributed by atoms with Gasteiger partial charge in [-0.1, -0.05) is 0 Å². The summed E-state index contributed by atoms with van der Waals surface area (Å²) in [6, 6.07) is 0. The lowest BCUT2D eigenvalue weighted by Gasteiger charge is -2.16. The van der Waals surface area contributed by atoms with Gasteiger partial charge in [0.05, 0.1) is 13.2 Å². The number of hydrogen-bond acceptors (Lipinski definition) is 6. The van der Waals surface area contributed by atoms with Crippen molar-refractivity contribution in [3.8, 4) is 0 Å². The molecule has 0 spiro atoms. The van der Waals surface area contributed by atoms with Crippen molar-refractivity contribution in [1.29, 1.82) is 0 Å². The maximum Gasteiger partial charge on any atom is 0.252 e. The van der Waals surface area contributed by atoms with Gasteiger partial charge in [-0.15, -0.1) is 0 Å². The molecule has 2 atom stereocenters. The Balaban J connectivity index is 4.09. The van der Waals surface area contributed by atoms with Gasteiger partial charge < -0.3 is 31.1 Å². The second kappa shape index (κ2) is 7.99. The fourth-order valence-electron chi connectivity index (χ4n) is 0.854. The van der Waals surface area contributed by atoms with Gasteiger partial charge in [0.15, 0.2) is 12.2 Å². The van der Waals surface area contributed by atoms with Crippen molar-refractivity contribution in [2.24, 2.45) is 0 Å². The van der Waals surface area contributed by atoms with Crippen molar-refractivity contribution >= 4 is 11.8 Å². The molecule has 0 aromatic heterocycles. The second-order valence-electron chi connectivity index (χ2n) is 2.92. The van der Waals surface area contributed by atoms with Crippen LogP contribution in [-0.2, 0) is 9.59 Å². The van der Waals surface area contributed by atoms with Gasteiger partial charge >= 0.3 is 0 Å². The van der Waals surface area contributed by atoms with Crippen molar-refractivity contribution < 1.29 is 30.0 Å². The Hall–Kier alpha value is -1.22. The first-order chi connectivity index (χ1) is 7.54. The standard InChI is InChI=1S/C8H16N2O6/c11-3-1-9-7(15)5(13)6(14)8(16)10-2-4-12/h5-6,11-14H,1-4H2,(H,9,15)(H,10,16)/t5-,6-/m0/s1. The number of amides is 2. The summed E-state index contributed by atoms with van der Waals surface area (Å²) in [5.41, 5.74) is 0. The van der Waals surface area contributed by atoms with Crippen LogP contribution in [0.3, 0.4) is 0 Å². The quantitative estimate of drug-likeness (QED) is 0.266. The maximum atomic E-state index is 11.1. The van der Waals surface area contributed by atoms with E-state index in [4.69, 9.17) is 10.2 Å². The number of carbonyl (C=O) groups is 2. The minimum absolute atomic E-state index is 0.0825. The maximum absolute atomic E-state index is 11.1. The van der Waals surface area contributed by atoms with E-state index in [1.54, 1.807) is 0 Å². The molecule has 0 aliphatic heterocycles. The number of aliphatic hydroxyl groups is 4. The Morgan fingerprint density at radius 2 is 1.19 bits per heavy atom. The summed E-state index contributed by atoms with van der Waals surface area (Å²) < 4.78 is 0. The normalized spacial score (nSPS) is 14.0. The van der Waals surface area contributed by atoms with E-state index in [1.165, 1.54) is 0 Å². The monoisotopic (exact) mass is 236 g/mol. The highest BCUT2D eigenvalue weighted by Gasteiger charge is 2.29. The number of carbonyl (C=O) groups excluding carboxylic acids is 2. The van der Waals surface area contributed by atoms with Crippen LogP contribution in [0.5, 0.6) is 0 Å². The van der Waals surface area contributed by atoms with Crippen molar-refractivity contribution in [3.05, 3.63) is 0 Å². The zero-order valence-electron chi connectivity index (χ0n) is 8.59. The Bertz CT molecular complexity index is 211. The van der Waals surface area contributed by atoms with E-state index in [-0.39, 0.29) is 26.3 Å². The highest BCUT2D eigenvalue weighted by molar-refractivity contribution is 5.90. The van der Waals surface area contributed by atoms with Gasteiger partial charge in [0.1, 0.15) is 0 Å². The first kappa shape index (κ1) is 14.8. The molecular formula is C8H16N2O6. The third-order valence-electron chi connectivity index (χ3n) is 1.66. The summed E-state index contributed by atoms with van der Waals surface area (Å²) in [6.45, 7) is -0.793. The summed E-state index contributed by atoms with van der Waals surface area (Å²) in [6.07, 6.45) is -3.82. The minimum atomic E-state index is -1.91. The Morgan fingerprint density at radius 1 is 0.875 bits per heavy atom. The molecule has 0 aliphatic carbocycles. The van der Waals surface area contributed by atoms with Gasteiger partial charge in [-0.3, -0.25) is 9.59 Å². The Kier molecular flexibility index (Phi) is 7.38. The fraction of sp³-hybridized carbons (Fsp3) is 0.750. The molecule has 0 aliphatic rings. The lowest BCUT2D eigenvalue weighted by molar-refractivity contribution is -0.146. The van der Waals surface area contributed by atoms with Crippen LogP contribution in [0.15, 0.2) is 0 Å². The van der Waals surface area contributed by atoms with Gasteiger partial charge in [-0.25, -0.2) is 0 Å². The van der Waals surface area contributed by atoms with Gasteiger partial charge in [-0.2, -0.15) is 0 Å². The number of rotatable bonds is 7. The minimum Gasteiger partial charge on any atom is -0.395 e. The fourth-order valence-corrected chi connectivity index (χ4v) is 0.854. The summed E-state index contributed by atoms with van der Waals surface area (Å²) in [7, 11) is 0. The topological polar surface area (TPSA) is 139 Å². The molecule has 94 valence electrons. The zero-order valence-corrected chi connectivity index (χ0v) is 8.59. The van der Waals surface area contributed by atoms with Crippen LogP contribution >= 0.6 is 0 Å². The smallest absolute Gasteiger partial charge is 0.252 e. The van der Waals surface area contributed by atoms with Crippen LogP contribution < -0.4 is 10.6 Å². The summed E-state index contributed by atoms with van der Waals surface area (Å²) in [5.74, 6) is -1.92. The predicted molar refractivity (Wildman–Crippen MR) is 52.2 cm³/mol. The van der Waals surface area contributed by atoms with Gasteiger partial charge in [0.25, 0.3) is 11.8 Å². The highest BCUT2D eigenvalue weighted by atomic mass is 16.3. The second-order valence-corrected chi connectivity index (χ2v) is 2.92. The molecule has 0 bridgehead atoms. The molecule has 16 heavy (non-hydrogen) atoms. The number of aliphatic hydroxyl groups excluding tert-OH is 4. The third-order valence-corrected chi connectivity index (χ3v) is 1.66. The average Bonchev–Trinajstić information content (AvgIpc) is 2.30. The van der Waals surface area contributed by atoms with Crippen LogP contribution in [0.25, 0.3) is 0 Å². The van der Waals surface area contributed by atoms with Crippen LogP contribution in [0.2, 0.25) is 0 Å². The largest absolute Gasteiger partial charge is 0.395 e. The van der Waals surface area contributed by atoms with E-state index < -0.39 is 24.0 Å². The average molecular weight is 236 g/mol. The van der Waals surface area contributed by atoms with Crippen LogP contribution in [-0.4, -0.2) is 70.8 Å². The molecule has 0 aromatic carbocycles. The molecule has 0 radical (unpaired) electrons. The van der Waals surface area contributed by atoms with Crippen molar-refractivity contribution in [1.82, 2.24) is 10.6 Å². The van der Waals surface area contributed by atoms with E-state index in [2.05, 4.69) is 10.6 Å². The van der Waals surface area contributed by atoms with E-state index in [1.807, 2.05) is 0 Å². The molecule has 8 nitrogen and oxygen atoms in total. The lowest BCUT2D eigenvalue weighted by atomic mass is 10.2. The first-order valence-electron chi connectivity index (χ1n) is 4.67. The lowest BCUT2D eigenvalue weighted by Crippen LogP contribution is -2.50. The highest BCUT2D eigenvalue weighted by Crippen LogP contribution is 1.94. The molecule has 8 heteroatoms. The molecule has 2 amide bonds. The molecule has 0 rings (SSSR count). The molecule has 0 aromatic rings. The van der Waals surface area contributed by atoms with E-state index in [0.29, 0.717) is 0 Å². The molecular weight excluding hydrogens is 220 g/mol. The SMILES string of the molecule is O=C(NCCO)[C@@H](O)[C@H](O)C(=O)NCCO. The zero-order chi connectivity index (χ0) is 12.6. The summed E-state index contributed by atoms with van der Waals surface area (Å²) in [5, 5.41) is 39.4. The van der Waals surface area contributed by atoms with Gasteiger partial charge in [0, 0.05) is 13.1 Å². The van der Waals surface area contributed by atoms with Crippen molar-refractivity contribution in [2.75, 3.05) is 26.3 Å². The molecule has 0 heterocycles. The van der Waals surface area contributed by atoms with E-state index >= 15 is 0 Å². The van der Waals surface area contributed by atoms with Crippen molar-refractivity contribution in [3.63, 3.8) is 0 Å². The van der Waals surface area contributed by atoms with Gasteiger partial charge in [-0.05, 0) is 0 Å². The Morgan fingerprint density at radius 3 is 1.44 bits per heavy atom. The molecule has 6 N–H and O–H groups in total. The van der Waals surface area contributed by atoms with Gasteiger partial charge in [0.2, 0.25) is 0 Å². The number of hydrogen-bond donors (Lipinski definition) is 6.